The molecule has 1 aromatic rings. The first-order valence-corrected chi connectivity index (χ1v) is 7.51. The van der Waals surface area contributed by atoms with Gasteiger partial charge < -0.3 is 10.1 Å². The molecule has 2 heteroatoms. The molecule has 1 unspecified atom stereocenters. The van der Waals surface area contributed by atoms with Gasteiger partial charge in [0.25, 0.3) is 0 Å². The standard InChI is InChI=1S/C18H31NO/c1-13(19-8)12-20-16-10-9-14(17(2,3)4)11-15(16)18(5,6)7/h9-11,13,19H,12H2,1-8H3. The van der Waals surface area contributed by atoms with Gasteiger partial charge in [0.05, 0.1) is 0 Å². The number of hydrogen-bond acceptors (Lipinski definition) is 2. The number of hydrogen-bond donors (Lipinski definition) is 1. The molecule has 0 saturated carbocycles. The van der Waals surface area contributed by atoms with Crippen molar-refractivity contribution in [3.63, 3.8) is 0 Å². The van der Waals surface area contributed by atoms with Crippen LogP contribution in [0.15, 0.2) is 18.2 Å². The lowest BCUT2D eigenvalue weighted by Gasteiger charge is -2.27. The van der Waals surface area contributed by atoms with E-state index in [-0.39, 0.29) is 10.8 Å². The Hall–Kier alpha value is -1.02. The summed E-state index contributed by atoms with van der Waals surface area (Å²) in [4.78, 5) is 0. The van der Waals surface area contributed by atoms with Crippen LogP contribution in [-0.2, 0) is 10.8 Å². The Morgan fingerprint density at radius 1 is 1.05 bits per heavy atom. The van der Waals surface area contributed by atoms with Crippen molar-refractivity contribution in [2.75, 3.05) is 13.7 Å². The molecule has 0 radical (unpaired) electrons. The summed E-state index contributed by atoms with van der Waals surface area (Å²) < 4.78 is 6.02. The molecule has 0 bridgehead atoms. The molecule has 0 spiro atoms. The molecule has 1 aromatic carbocycles. The fourth-order valence-corrected chi connectivity index (χ4v) is 2.01. The molecule has 0 aliphatic rings. The Balaban J connectivity index is 3.12. The third-order valence-corrected chi connectivity index (χ3v) is 3.64. The second-order valence-corrected chi connectivity index (χ2v) is 7.71. The molecule has 0 heterocycles. The predicted molar refractivity (Wildman–Crippen MR) is 87.9 cm³/mol. The normalized spacial score (nSPS) is 14.2. The summed E-state index contributed by atoms with van der Waals surface area (Å²) in [5.74, 6) is 1.01. The third-order valence-electron chi connectivity index (χ3n) is 3.64. The summed E-state index contributed by atoms with van der Waals surface area (Å²) >= 11 is 0. The van der Waals surface area contributed by atoms with Gasteiger partial charge in [-0.05, 0) is 42.0 Å². The minimum atomic E-state index is 0.0828. The lowest BCUT2D eigenvalue weighted by molar-refractivity contribution is 0.273. The average molecular weight is 277 g/mol. The molecule has 1 rings (SSSR count). The highest BCUT2D eigenvalue weighted by molar-refractivity contribution is 5.43. The van der Waals surface area contributed by atoms with Crippen molar-refractivity contribution in [1.29, 1.82) is 0 Å². The second kappa shape index (κ2) is 6.17. The quantitative estimate of drug-likeness (QED) is 0.887. The molecule has 0 fully saturated rings. The number of rotatable bonds is 4. The molecule has 1 atom stereocenters. The first kappa shape index (κ1) is 17.0. The zero-order valence-electron chi connectivity index (χ0n) is 14.4. The Morgan fingerprint density at radius 2 is 1.65 bits per heavy atom. The van der Waals surface area contributed by atoms with Gasteiger partial charge in [-0.2, -0.15) is 0 Å². The van der Waals surface area contributed by atoms with Gasteiger partial charge in [0.2, 0.25) is 0 Å². The second-order valence-electron chi connectivity index (χ2n) is 7.71. The molecule has 0 saturated heterocycles. The van der Waals surface area contributed by atoms with E-state index >= 15 is 0 Å². The molecular weight excluding hydrogens is 246 g/mol. The smallest absolute Gasteiger partial charge is 0.123 e. The number of nitrogens with one attached hydrogen (secondary N) is 1. The zero-order chi connectivity index (χ0) is 15.6. The fourth-order valence-electron chi connectivity index (χ4n) is 2.01. The maximum Gasteiger partial charge on any atom is 0.123 e. The van der Waals surface area contributed by atoms with Crippen LogP contribution < -0.4 is 10.1 Å². The monoisotopic (exact) mass is 277 g/mol. The number of ether oxygens (including phenoxy) is 1. The van der Waals surface area contributed by atoms with Crippen LogP contribution >= 0.6 is 0 Å². The fraction of sp³-hybridized carbons (Fsp3) is 0.667. The minimum absolute atomic E-state index is 0.0828. The van der Waals surface area contributed by atoms with E-state index in [2.05, 4.69) is 72.0 Å². The van der Waals surface area contributed by atoms with E-state index in [4.69, 9.17) is 4.74 Å². The molecule has 114 valence electrons. The van der Waals surface area contributed by atoms with Gasteiger partial charge in [0.15, 0.2) is 0 Å². The van der Waals surface area contributed by atoms with E-state index < -0.39 is 0 Å². The summed E-state index contributed by atoms with van der Waals surface area (Å²) in [5.41, 5.74) is 2.89. The van der Waals surface area contributed by atoms with Crippen LogP contribution in [0.1, 0.15) is 59.6 Å². The van der Waals surface area contributed by atoms with Crippen LogP contribution in [0.25, 0.3) is 0 Å². The lowest BCUT2D eigenvalue weighted by Crippen LogP contribution is -2.29. The summed E-state index contributed by atoms with van der Waals surface area (Å²) in [6, 6.07) is 6.97. The first-order chi connectivity index (χ1) is 9.05. The van der Waals surface area contributed by atoms with Crippen molar-refractivity contribution in [1.82, 2.24) is 5.32 Å². The maximum atomic E-state index is 6.02. The van der Waals surface area contributed by atoms with Crippen LogP contribution in [-0.4, -0.2) is 19.7 Å². The topological polar surface area (TPSA) is 21.3 Å². The van der Waals surface area contributed by atoms with Crippen LogP contribution in [0.3, 0.4) is 0 Å². The van der Waals surface area contributed by atoms with Crippen LogP contribution in [0, 0.1) is 0 Å². The SMILES string of the molecule is CNC(C)COc1ccc(C(C)(C)C)cc1C(C)(C)C. The number of benzene rings is 1. The third kappa shape index (κ3) is 4.52. The van der Waals surface area contributed by atoms with Gasteiger partial charge in [0.1, 0.15) is 12.4 Å². The van der Waals surface area contributed by atoms with Gasteiger partial charge >= 0.3 is 0 Å². The summed E-state index contributed by atoms with van der Waals surface area (Å²) in [6.07, 6.45) is 0. The van der Waals surface area contributed by atoms with E-state index in [0.717, 1.165) is 5.75 Å². The molecular formula is C18H31NO. The van der Waals surface area contributed by atoms with Gasteiger partial charge in [-0.25, -0.2) is 0 Å². The Bertz CT molecular complexity index is 438. The van der Waals surface area contributed by atoms with Gasteiger partial charge in [-0.1, -0.05) is 53.7 Å². The molecule has 0 aliphatic carbocycles. The van der Waals surface area contributed by atoms with E-state index in [1.54, 1.807) is 0 Å². The van der Waals surface area contributed by atoms with E-state index in [1.807, 2.05) is 7.05 Å². The molecule has 2 nitrogen and oxygen atoms in total. The Morgan fingerprint density at radius 3 is 2.10 bits per heavy atom. The molecule has 20 heavy (non-hydrogen) atoms. The molecule has 0 amide bonds. The van der Waals surface area contributed by atoms with E-state index in [9.17, 15) is 0 Å². The van der Waals surface area contributed by atoms with Gasteiger partial charge in [-0.15, -0.1) is 0 Å². The van der Waals surface area contributed by atoms with Crippen molar-refractivity contribution in [2.45, 2.75) is 65.3 Å². The predicted octanol–water partition coefficient (Wildman–Crippen LogP) is 4.27. The summed E-state index contributed by atoms with van der Waals surface area (Å²) in [7, 11) is 1.96. The highest BCUT2D eigenvalue weighted by atomic mass is 16.5. The van der Waals surface area contributed by atoms with Crippen molar-refractivity contribution >= 4 is 0 Å². The maximum absolute atomic E-state index is 6.02. The average Bonchev–Trinajstić information content (AvgIpc) is 2.33. The van der Waals surface area contributed by atoms with Crippen LogP contribution in [0.4, 0.5) is 0 Å². The van der Waals surface area contributed by atoms with Gasteiger partial charge in [0, 0.05) is 6.04 Å². The first-order valence-electron chi connectivity index (χ1n) is 7.51. The van der Waals surface area contributed by atoms with Gasteiger partial charge in [-0.3, -0.25) is 0 Å². The van der Waals surface area contributed by atoms with Crippen LogP contribution in [0.5, 0.6) is 5.75 Å². The Labute approximate surface area is 124 Å². The number of likely N-dealkylation sites (N-methyl/N-ethyl adjacent to an activating group) is 1. The summed E-state index contributed by atoms with van der Waals surface area (Å²) in [6.45, 7) is 16.3. The lowest BCUT2D eigenvalue weighted by atomic mass is 9.80. The molecule has 1 N–H and O–H groups in total. The zero-order valence-corrected chi connectivity index (χ0v) is 14.4. The van der Waals surface area contributed by atoms with Crippen molar-refractivity contribution in [2.24, 2.45) is 0 Å². The van der Waals surface area contributed by atoms with E-state index in [0.29, 0.717) is 12.6 Å². The highest BCUT2D eigenvalue weighted by Gasteiger charge is 2.23. The van der Waals surface area contributed by atoms with Crippen LogP contribution in [0.2, 0.25) is 0 Å². The van der Waals surface area contributed by atoms with Crippen molar-refractivity contribution in [3.05, 3.63) is 29.3 Å². The van der Waals surface area contributed by atoms with E-state index in [1.165, 1.54) is 11.1 Å². The highest BCUT2D eigenvalue weighted by Crippen LogP contribution is 2.35. The summed E-state index contributed by atoms with van der Waals surface area (Å²) in [5, 5.41) is 3.20. The minimum Gasteiger partial charge on any atom is -0.492 e. The Kier molecular flexibility index (Phi) is 5.26. The molecule has 0 aliphatic heterocycles. The van der Waals surface area contributed by atoms with Crippen molar-refractivity contribution in [3.8, 4) is 5.75 Å². The largest absolute Gasteiger partial charge is 0.492 e. The molecule has 0 aromatic heterocycles. The van der Waals surface area contributed by atoms with Crippen molar-refractivity contribution < 1.29 is 4.74 Å².